The molecule has 0 radical (unpaired) electrons. The fourth-order valence-electron chi connectivity index (χ4n) is 0. The third-order valence-corrected chi connectivity index (χ3v) is 3.52. The summed E-state index contributed by atoms with van der Waals surface area (Å²) >= 11 is -2.40. The van der Waals surface area contributed by atoms with Crippen LogP contribution in [0, 0.1) is 0 Å². The van der Waals surface area contributed by atoms with Crippen molar-refractivity contribution in [1.29, 1.82) is 0 Å². The molecular formula is CH4O3SSn. The third kappa shape index (κ3) is 4.55. The van der Waals surface area contributed by atoms with Gasteiger partial charge in [0.25, 0.3) is 0 Å². The van der Waals surface area contributed by atoms with E-state index in [2.05, 4.69) is 0 Å². The molecule has 0 rings (SSSR count). The molecule has 0 aliphatic carbocycles. The average Bonchev–Trinajstić information content (AvgIpc) is 1.35. The normalized spacial score (nSPS) is 10.8. The SMILES string of the molecule is C[S](=O)(=O)[SnH]=[O]. The Morgan fingerprint density at radius 1 is 1.50 bits per heavy atom. The average molecular weight is 215 g/mol. The summed E-state index contributed by atoms with van der Waals surface area (Å²) in [5, 5.41) is 0. The summed E-state index contributed by atoms with van der Waals surface area (Å²) < 4.78 is 29.1. The van der Waals surface area contributed by atoms with E-state index in [9.17, 15) is 11.5 Å². The monoisotopic (exact) mass is 216 g/mol. The molecule has 0 heterocycles. The summed E-state index contributed by atoms with van der Waals surface area (Å²) in [4.78, 5) is 0. The zero-order valence-electron chi connectivity index (χ0n) is 3.21. The van der Waals surface area contributed by atoms with E-state index in [1.54, 1.807) is 0 Å². The standard InChI is InChI=1S/CH3O2S.O.Sn.H/c1-4(2)3;;;/h1H3;;;. The van der Waals surface area contributed by atoms with Gasteiger partial charge in [-0.15, -0.1) is 0 Å². The zero-order chi connectivity index (χ0) is 5.21. The molecule has 0 aliphatic heterocycles. The zero-order valence-corrected chi connectivity index (χ0v) is 7.32. The van der Waals surface area contributed by atoms with Crippen molar-refractivity contribution < 1.29 is 11.5 Å². The summed E-state index contributed by atoms with van der Waals surface area (Å²) in [6.45, 7) is 0. The predicted octanol–water partition coefficient (Wildman–Crippen LogP) is -1.27. The summed E-state index contributed by atoms with van der Waals surface area (Å²) in [6, 6.07) is 0. The van der Waals surface area contributed by atoms with Gasteiger partial charge in [0.1, 0.15) is 0 Å². The van der Waals surface area contributed by atoms with E-state index < -0.39 is 26.8 Å². The van der Waals surface area contributed by atoms with Crippen LogP contribution in [-0.2, 0) is 10.1 Å². The molecular weight excluding hydrogens is 211 g/mol. The molecule has 0 saturated carbocycles. The van der Waals surface area contributed by atoms with Crippen LogP contribution in [0.15, 0.2) is 0 Å². The van der Waals surface area contributed by atoms with Gasteiger partial charge in [-0.1, -0.05) is 0 Å². The van der Waals surface area contributed by atoms with E-state index in [1.807, 2.05) is 0 Å². The second kappa shape index (κ2) is 2.01. The molecule has 36 valence electrons. The Labute approximate surface area is 44.7 Å². The molecule has 0 atom stereocenters. The van der Waals surface area contributed by atoms with Crippen LogP contribution in [0.5, 0.6) is 0 Å². The van der Waals surface area contributed by atoms with Gasteiger partial charge in [-0.05, 0) is 0 Å². The molecule has 0 aromatic rings. The van der Waals surface area contributed by atoms with Crippen LogP contribution in [0.4, 0.5) is 0 Å². The Morgan fingerprint density at radius 2 is 1.67 bits per heavy atom. The Kier molecular flexibility index (Phi) is 2.20. The van der Waals surface area contributed by atoms with Crippen molar-refractivity contribution in [3.8, 4) is 0 Å². The first kappa shape index (κ1) is 6.55. The van der Waals surface area contributed by atoms with Gasteiger partial charge < -0.3 is 0 Å². The minimum atomic E-state index is -3.03. The minimum absolute atomic E-state index is 0.987. The topological polar surface area (TPSA) is 51.2 Å². The molecule has 3 nitrogen and oxygen atoms in total. The van der Waals surface area contributed by atoms with E-state index in [1.165, 1.54) is 0 Å². The van der Waals surface area contributed by atoms with Crippen LogP contribution < -0.4 is 0 Å². The van der Waals surface area contributed by atoms with Crippen molar-refractivity contribution in [2.75, 3.05) is 6.26 Å². The molecule has 6 heavy (non-hydrogen) atoms. The second-order valence-electron chi connectivity index (χ2n) is 0.926. The first-order valence-corrected chi connectivity index (χ1v) is 8.55. The van der Waals surface area contributed by atoms with Gasteiger partial charge in [0.2, 0.25) is 0 Å². The van der Waals surface area contributed by atoms with Gasteiger partial charge in [-0.3, -0.25) is 0 Å². The Bertz CT molecular complexity index is 121. The van der Waals surface area contributed by atoms with E-state index >= 15 is 0 Å². The fraction of sp³-hybridized carbons (Fsp3) is 1.00. The van der Waals surface area contributed by atoms with Gasteiger partial charge in [-0.25, -0.2) is 0 Å². The molecule has 0 fully saturated rings. The van der Waals surface area contributed by atoms with E-state index in [4.69, 9.17) is 0 Å². The first-order chi connectivity index (χ1) is 2.56. The third-order valence-electron chi connectivity index (χ3n) is 0.175. The Morgan fingerprint density at radius 3 is 1.67 bits per heavy atom. The van der Waals surface area contributed by atoms with E-state index in [0.29, 0.717) is 0 Å². The summed E-state index contributed by atoms with van der Waals surface area (Å²) in [6.07, 6.45) is 0.987. The first-order valence-electron chi connectivity index (χ1n) is 1.21. The molecule has 0 amide bonds. The molecule has 0 N–H and O–H groups in total. The van der Waals surface area contributed by atoms with E-state index in [0.717, 1.165) is 6.26 Å². The van der Waals surface area contributed by atoms with Gasteiger partial charge in [0.05, 0.1) is 0 Å². The van der Waals surface area contributed by atoms with Crippen LogP contribution in [0.25, 0.3) is 0 Å². The number of hydrogen-bond donors (Lipinski definition) is 0. The number of rotatable bonds is 1. The number of hydrogen-bond acceptors (Lipinski definition) is 3. The summed E-state index contributed by atoms with van der Waals surface area (Å²) in [5.74, 6) is 0. The molecule has 0 unspecified atom stereocenters. The van der Waals surface area contributed by atoms with Crippen molar-refractivity contribution in [1.82, 2.24) is 0 Å². The van der Waals surface area contributed by atoms with Crippen molar-refractivity contribution in [3.05, 3.63) is 0 Å². The van der Waals surface area contributed by atoms with Crippen molar-refractivity contribution >= 4 is 26.8 Å². The van der Waals surface area contributed by atoms with Crippen molar-refractivity contribution in [2.45, 2.75) is 0 Å². The quantitative estimate of drug-likeness (QED) is 0.512. The van der Waals surface area contributed by atoms with Crippen LogP contribution in [0.1, 0.15) is 0 Å². The molecule has 0 spiro atoms. The van der Waals surface area contributed by atoms with Gasteiger partial charge in [-0.2, -0.15) is 0 Å². The van der Waals surface area contributed by atoms with Crippen LogP contribution >= 0.6 is 0 Å². The van der Waals surface area contributed by atoms with Crippen LogP contribution in [0.2, 0.25) is 0 Å². The second-order valence-corrected chi connectivity index (χ2v) is 11.8. The Balaban J connectivity index is 4.25. The maximum atomic E-state index is 9.77. The molecule has 5 heteroatoms. The fourth-order valence-corrected chi connectivity index (χ4v) is 0. The molecule has 0 aromatic carbocycles. The van der Waals surface area contributed by atoms with Crippen LogP contribution in [-0.4, -0.2) is 34.4 Å². The summed E-state index contributed by atoms with van der Waals surface area (Å²) in [7, 11) is -3.03. The van der Waals surface area contributed by atoms with Crippen molar-refractivity contribution in [2.24, 2.45) is 0 Å². The molecule has 0 bridgehead atoms. The van der Waals surface area contributed by atoms with E-state index in [-0.39, 0.29) is 0 Å². The summed E-state index contributed by atoms with van der Waals surface area (Å²) in [5.41, 5.74) is 0. The van der Waals surface area contributed by atoms with Gasteiger partial charge in [0.15, 0.2) is 0 Å². The van der Waals surface area contributed by atoms with Crippen LogP contribution in [0.3, 0.4) is 0 Å². The molecule has 0 saturated heterocycles. The molecule has 0 aromatic heterocycles. The molecule has 0 aliphatic rings. The predicted molar refractivity (Wildman–Crippen MR) is 22.7 cm³/mol. The Hall–Kier alpha value is 0.549. The maximum absolute atomic E-state index is 9.77. The van der Waals surface area contributed by atoms with Gasteiger partial charge >= 0.3 is 44.5 Å². The van der Waals surface area contributed by atoms with Crippen molar-refractivity contribution in [3.63, 3.8) is 0 Å². The van der Waals surface area contributed by atoms with Gasteiger partial charge in [0, 0.05) is 0 Å².